The van der Waals surface area contributed by atoms with Crippen molar-refractivity contribution in [3.05, 3.63) is 23.8 Å². The van der Waals surface area contributed by atoms with Crippen molar-refractivity contribution in [1.29, 1.82) is 0 Å². The standard InChI is InChI=1S/C15H21N3O/c1-3-5-9-18(10-6-4-2)12-7-8-14-13(11-12)15(19)17-16-14/h7-8,11H,3-6,9-10H2,1-2H3. The number of carbonyl (C=O) groups excluding carboxylic acids is 1. The van der Waals surface area contributed by atoms with Gasteiger partial charge in [0.2, 0.25) is 0 Å². The smallest absolute Gasteiger partial charge is 0.297 e. The fourth-order valence-corrected chi connectivity index (χ4v) is 2.20. The molecule has 4 heteroatoms. The molecule has 1 amide bonds. The third kappa shape index (κ3) is 3.19. The van der Waals surface area contributed by atoms with E-state index in [0.29, 0.717) is 11.3 Å². The molecule has 0 fully saturated rings. The highest BCUT2D eigenvalue weighted by atomic mass is 16.2. The summed E-state index contributed by atoms with van der Waals surface area (Å²) < 4.78 is 0. The van der Waals surface area contributed by atoms with E-state index in [1.165, 1.54) is 25.7 Å². The number of hydrogen-bond donors (Lipinski definition) is 0. The number of anilines is 1. The topological polar surface area (TPSA) is 45.0 Å². The van der Waals surface area contributed by atoms with Gasteiger partial charge in [0.15, 0.2) is 0 Å². The normalized spacial score (nSPS) is 12.8. The Morgan fingerprint density at radius 2 is 1.74 bits per heavy atom. The molecule has 4 nitrogen and oxygen atoms in total. The zero-order valence-electron chi connectivity index (χ0n) is 11.7. The summed E-state index contributed by atoms with van der Waals surface area (Å²) >= 11 is 0. The largest absolute Gasteiger partial charge is 0.372 e. The quantitative estimate of drug-likeness (QED) is 0.731. The minimum absolute atomic E-state index is 0.220. The number of hydrogen-bond acceptors (Lipinski definition) is 3. The van der Waals surface area contributed by atoms with Crippen LogP contribution in [0.3, 0.4) is 0 Å². The molecule has 0 saturated carbocycles. The van der Waals surface area contributed by atoms with Crippen LogP contribution in [-0.2, 0) is 0 Å². The molecule has 102 valence electrons. The van der Waals surface area contributed by atoms with Gasteiger partial charge < -0.3 is 4.90 Å². The predicted octanol–water partition coefficient (Wildman–Crippen LogP) is 4.33. The van der Waals surface area contributed by atoms with Crippen molar-refractivity contribution in [2.75, 3.05) is 18.0 Å². The molecule has 19 heavy (non-hydrogen) atoms. The summed E-state index contributed by atoms with van der Waals surface area (Å²) in [7, 11) is 0. The van der Waals surface area contributed by atoms with Crippen molar-refractivity contribution < 1.29 is 4.79 Å². The molecule has 1 aliphatic heterocycles. The summed E-state index contributed by atoms with van der Waals surface area (Å²) in [6.07, 6.45) is 4.70. The average molecular weight is 259 g/mol. The van der Waals surface area contributed by atoms with Gasteiger partial charge in [-0.25, -0.2) is 0 Å². The van der Waals surface area contributed by atoms with E-state index < -0.39 is 0 Å². The number of carbonyl (C=O) groups is 1. The van der Waals surface area contributed by atoms with Crippen LogP contribution in [-0.4, -0.2) is 19.0 Å². The minimum Gasteiger partial charge on any atom is -0.372 e. The average Bonchev–Trinajstić information content (AvgIpc) is 2.80. The van der Waals surface area contributed by atoms with Crippen LogP contribution in [0.5, 0.6) is 0 Å². The van der Waals surface area contributed by atoms with Gasteiger partial charge in [-0.1, -0.05) is 26.7 Å². The summed E-state index contributed by atoms with van der Waals surface area (Å²) in [4.78, 5) is 13.9. The summed E-state index contributed by atoms with van der Waals surface area (Å²) in [5, 5.41) is 7.46. The minimum atomic E-state index is -0.220. The van der Waals surface area contributed by atoms with E-state index in [4.69, 9.17) is 0 Å². The fraction of sp³-hybridized carbons (Fsp3) is 0.533. The Kier molecular flexibility index (Phi) is 4.66. The summed E-state index contributed by atoms with van der Waals surface area (Å²) in [6.45, 7) is 6.47. The van der Waals surface area contributed by atoms with Crippen LogP contribution in [0.15, 0.2) is 28.4 Å². The second-order valence-electron chi connectivity index (χ2n) is 4.90. The maximum Gasteiger partial charge on any atom is 0.297 e. The Bertz CT molecular complexity index is 474. The third-order valence-corrected chi connectivity index (χ3v) is 3.39. The molecule has 1 heterocycles. The first kappa shape index (κ1) is 13.7. The summed E-state index contributed by atoms with van der Waals surface area (Å²) in [6, 6.07) is 5.87. The van der Waals surface area contributed by atoms with Crippen molar-refractivity contribution in [2.45, 2.75) is 39.5 Å². The maximum atomic E-state index is 11.6. The van der Waals surface area contributed by atoms with E-state index in [1.54, 1.807) is 0 Å². The monoisotopic (exact) mass is 259 g/mol. The van der Waals surface area contributed by atoms with Crippen molar-refractivity contribution in [3.63, 3.8) is 0 Å². The van der Waals surface area contributed by atoms with Crippen LogP contribution in [0.25, 0.3) is 0 Å². The molecular weight excluding hydrogens is 238 g/mol. The van der Waals surface area contributed by atoms with Crippen molar-refractivity contribution in [2.24, 2.45) is 10.2 Å². The van der Waals surface area contributed by atoms with Crippen LogP contribution < -0.4 is 4.90 Å². The highest BCUT2D eigenvalue weighted by molar-refractivity contribution is 6.02. The van der Waals surface area contributed by atoms with Gasteiger partial charge in [0.05, 0.1) is 11.3 Å². The van der Waals surface area contributed by atoms with E-state index in [1.807, 2.05) is 18.2 Å². The summed E-state index contributed by atoms with van der Waals surface area (Å²) in [5.41, 5.74) is 2.44. The van der Waals surface area contributed by atoms with Gasteiger partial charge in [-0.2, -0.15) is 0 Å². The predicted molar refractivity (Wildman–Crippen MR) is 77.3 cm³/mol. The Hall–Kier alpha value is -1.71. The second kappa shape index (κ2) is 6.45. The molecular formula is C15H21N3O. The van der Waals surface area contributed by atoms with E-state index in [2.05, 4.69) is 29.0 Å². The van der Waals surface area contributed by atoms with E-state index in [0.717, 1.165) is 18.8 Å². The number of nitrogens with zero attached hydrogens (tertiary/aromatic N) is 3. The van der Waals surface area contributed by atoms with Gasteiger partial charge in [0.1, 0.15) is 0 Å². The zero-order chi connectivity index (χ0) is 13.7. The van der Waals surface area contributed by atoms with E-state index >= 15 is 0 Å². The molecule has 0 aromatic heterocycles. The molecule has 1 aromatic rings. The lowest BCUT2D eigenvalue weighted by atomic mass is 10.1. The molecule has 0 aliphatic carbocycles. The van der Waals surface area contributed by atoms with Crippen LogP contribution in [0.4, 0.5) is 11.4 Å². The maximum absolute atomic E-state index is 11.6. The molecule has 0 bridgehead atoms. The SMILES string of the molecule is CCCCN(CCCC)c1ccc2c(c1)C(=O)N=N2. The highest BCUT2D eigenvalue weighted by Gasteiger charge is 2.18. The highest BCUT2D eigenvalue weighted by Crippen LogP contribution is 2.30. The van der Waals surface area contributed by atoms with Gasteiger partial charge in [-0.3, -0.25) is 4.79 Å². The molecule has 2 rings (SSSR count). The molecule has 0 N–H and O–H groups in total. The fourth-order valence-electron chi connectivity index (χ4n) is 2.20. The Morgan fingerprint density at radius 3 is 2.37 bits per heavy atom. The van der Waals surface area contributed by atoms with Crippen LogP contribution in [0.2, 0.25) is 0 Å². The number of azo groups is 1. The lowest BCUT2D eigenvalue weighted by Crippen LogP contribution is -2.25. The first-order valence-electron chi connectivity index (χ1n) is 7.11. The van der Waals surface area contributed by atoms with E-state index in [9.17, 15) is 4.79 Å². The van der Waals surface area contributed by atoms with Gasteiger partial charge in [0.25, 0.3) is 5.91 Å². The Balaban J connectivity index is 2.17. The van der Waals surface area contributed by atoms with Crippen molar-refractivity contribution in [1.82, 2.24) is 0 Å². The molecule has 1 aromatic carbocycles. The number of amides is 1. The van der Waals surface area contributed by atoms with Gasteiger partial charge in [-0.15, -0.1) is 10.2 Å². The zero-order valence-corrected chi connectivity index (χ0v) is 11.7. The van der Waals surface area contributed by atoms with Crippen LogP contribution in [0.1, 0.15) is 49.9 Å². The molecule has 0 atom stereocenters. The first-order valence-corrected chi connectivity index (χ1v) is 7.11. The van der Waals surface area contributed by atoms with Crippen molar-refractivity contribution in [3.8, 4) is 0 Å². The van der Waals surface area contributed by atoms with Crippen molar-refractivity contribution >= 4 is 17.3 Å². The molecule has 0 unspecified atom stereocenters. The number of benzene rings is 1. The van der Waals surface area contributed by atoms with Crippen LogP contribution in [0, 0.1) is 0 Å². The van der Waals surface area contributed by atoms with Crippen LogP contribution >= 0.6 is 0 Å². The third-order valence-electron chi connectivity index (χ3n) is 3.39. The lowest BCUT2D eigenvalue weighted by molar-refractivity contribution is 0.100. The lowest BCUT2D eigenvalue weighted by Gasteiger charge is -2.25. The Morgan fingerprint density at radius 1 is 1.05 bits per heavy atom. The van der Waals surface area contributed by atoms with Gasteiger partial charge in [-0.05, 0) is 31.0 Å². The number of rotatable bonds is 7. The second-order valence-corrected chi connectivity index (χ2v) is 4.90. The first-order chi connectivity index (χ1) is 9.26. The number of fused-ring (bicyclic) bond motifs is 1. The molecule has 0 saturated heterocycles. The van der Waals surface area contributed by atoms with Gasteiger partial charge in [0, 0.05) is 18.8 Å². The molecule has 0 radical (unpaired) electrons. The van der Waals surface area contributed by atoms with Gasteiger partial charge >= 0.3 is 0 Å². The molecule has 1 aliphatic rings. The molecule has 0 spiro atoms. The number of unbranched alkanes of at least 4 members (excludes halogenated alkanes) is 2. The van der Waals surface area contributed by atoms with E-state index in [-0.39, 0.29) is 5.91 Å². The Labute approximate surface area is 114 Å². The summed E-state index contributed by atoms with van der Waals surface area (Å²) in [5.74, 6) is -0.220.